The number of nitrogens with zero attached hydrogens (tertiary/aromatic N) is 1. The average Bonchev–Trinajstić information content (AvgIpc) is 2.72. The third kappa shape index (κ3) is 4.55. The molecule has 12 heteroatoms. The maximum Gasteiger partial charge on any atom is 0.524 e. The summed E-state index contributed by atoms with van der Waals surface area (Å²) in [6, 6.07) is 8.71. The second kappa shape index (κ2) is 8.79. The first-order valence-electron chi connectivity index (χ1n) is 9.95. The molecule has 3 aromatic rings. The van der Waals surface area contributed by atoms with Crippen LogP contribution in [0.2, 0.25) is 5.02 Å². The number of phenolic OH excluding ortho intramolecular Hbond substituents is 1. The Kier molecular flexibility index (Phi) is 6.35. The van der Waals surface area contributed by atoms with Gasteiger partial charge in [-0.15, -0.1) is 0 Å². The molecule has 2 heterocycles. The van der Waals surface area contributed by atoms with Gasteiger partial charge in [-0.3, -0.25) is 14.6 Å². The third-order valence-corrected chi connectivity index (χ3v) is 6.54. The Morgan fingerprint density at radius 3 is 2.64 bits per heavy atom. The summed E-state index contributed by atoms with van der Waals surface area (Å²) >= 11 is 6.26. The lowest BCUT2D eigenvalue weighted by atomic mass is 9.74. The number of rotatable bonds is 4. The Hall–Kier alpha value is -2.33. The lowest BCUT2D eigenvalue weighted by molar-refractivity contribution is 0.0433. The molecule has 1 aromatic heterocycles. The molecule has 4 rings (SSSR count). The van der Waals surface area contributed by atoms with Crippen LogP contribution in [-0.2, 0) is 4.57 Å². The fourth-order valence-corrected chi connectivity index (χ4v) is 4.77. The van der Waals surface area contributed by atoms with E-state index in [1.54, 1.807) is 36.2 Å². The van der Waals surface area contributed by atoms with E-state index in [2.05, 4.69) is 0 Å². The quantitative estimate of drug-likeness (QED) is 0.320. The van der Waals surface area contributed by atoms with Gasteiger partial charge in [0.15, 0.2) is 5.43 Å². The monoisotopic (exact) mass is 491 g/mol. The van der Waals surface area contributed by atoms with Crippen molar-refractivity contribution in [1.29, 1.82) is 0 Å². The van der Waals surface area contributed by atoms with Gasteiger partial charge in [0.25, 0.3) is 0 Å². The second-order valence-electron chi connectivity index (χ2n) is 7.91. The van der Waals surface area contributed by atoms with E-state index in [0.29, 0.717) is 23.6 Å². The number of phosphoric ester groups is 1. The summed E-state index contributed by atoms with van der Waals surface area (Å²) in [5.74, 6) is -2.56. The van der Waals surface area contributed by atoms with Crippen LogP contribution in [-0.4, -0.2) is 58.4 Å². The van der Waals surface area contributed by atoms with E-state index in [-0.39, 0.29) is 22.3 Å². The van der Waals surface area contributed by atoms with Crippen LogP contribution in [0.1, 0.15) is 17.9 Å². The molecule has 33 heavy (non-hydrogen) atoms. The van der Waals surface area contributed by atoms with Crippen molar-refractivity contribution < 1.29 is 33.5 Å². The van der Waals surface area contributed by atoms with Crippen LogP contribution in [0.3, 0.4) is 0 Å². The summed E-state index contributed by atoms with van der Waals surface area (Å²) in [7, 11) is 2.74. The highest BCUT2D eigenvalue weighted by molar-refractivity contribution is 7.46. The Labute approximate surface area is 194 Å². The largest absolute Gasteiger partial charge is 0.524 e. The summed E-state index contributed by atoms with van der Waals surface area (Å²) < 4.78 is 22.5. The molecule has 1 unspecified atom stereocenters. The molecular weight excluding hydrogens is 471 g/mol. The van der Waals surface area contributed by atoms with E-state index in [1.165, 1.54) is 0 Å². The molecule has 0 amide bonds. The number of aliphatic hydroxyl groups is 1. The third-order valence-electron chi connectivity index (χ3n) is 5.77. The zero-order valence-corrected chi connectivity index (χ0v) is 19.0. The summed E-state index contributed by atoms with van der Waals surface area (Å²) in [4.78, 5) is 33.6. The molecule has 4 N–H and O–H groups in total. The fraction of sp³-hybridized carbons (Fsp3) is 0.286. The zero-order chi connectivity index (χ0) is 24.1. The van der Waals surface area contributed by atoms with Crippen molar-refractivity contribution in [3.63, 3.8) is 0 Å². The Balaban J connectivity index is 2.06. The smallest absolute Gasteiger partial charge is 0.507 e. The summed E-state index contributed by atoms with van der Waals surface area (Å²) in [5.41, 5.74) is -0.375. The first-order chi connectivity index (χ1) is 15.5. The van der Waals surface area contributed by atoms with Crippen molar-refractivity contribution in [3.8, 4) is 22.8 Å². The number of aromatic hydroxyl groups is 1. The van der Waals surface area contributed by atoms with Crippen LogP contribution in [0, 0.1) is 0 Å². The van der Waals surface area contributed by atoms with E-state index < -0.39 is 42.7 Å². The SMILES string of the molecule is [B]C1[C@@H](O)[C@@H](c2c(OP(=O)(O)O)cc(O)c3c(=O)cc(-c4ccccc4Cl)oc23)CCN1C. The molecule has 1 aliphatic rings. The predicted molar refractivity (Wildman–Crippen MR) is 123 cm³/mol. The van der Waals surface area contributed by atoms with Crippen LogP contribution in [0.4, 0.5) is 0 Å². The van der Waals surface area contributed by atoms with Gasteiger partial charge in [-0.05, 0) is 38.1 Å². The van der Waals surface area contributed by atoms with E-state index in [9.17, 15) is 29.4 Å². The van der Waals surface area contributed by atoms with E-state index >= 15 is 0 Å². The first kappa shape index (κ1) is 23.8. The number of piperidine rings is 1. The first-order valence-corrected chi connectivity index (χ1v) is 11.9. The molecule has 0 spiro atoms. The molecule has 0 bridgehead atoms. The number of hydrogen-bond donors (Lipinski definition) is 4. The van der Waals surface area contributed by atoms with Crippen molar-refractivity contribution in [2.24, 2.45) is 0 Å². The maximum atomic E-state index is 13.0. The number of likely N-dealkylation sites (tertiary alicyclic amines) is 1. The van der Waals surface area contributed by atoms with Crippen LogP contribution < -0.4 is 9.95 Å². The molecule has 0 saturated carbocycles. The fourth-order valence-electron chi connectivity index (χ4n) is 4.14. The van der Waals surface area contributed by atoms with Gasteiger partial charge in [-0.1, -0.05) is 23.7 Å². The summed E-state index contributed by atoms with van der Waals surface area (Å²) in [5, 5.41) is 21.5. The number of phenols is 1. The number of likely N-dealkylation sites (N-methyl/N-ethyl adjacent to an activating group) is 1. The highest BCUT2D eigenvalue weighted by Gasteiger charge is 2.38. The van der Waals surface area contributed by atoms with Crippen LogP contribution >= 0.6 is 19.4 Å². The van der Waals surface area contributed by atoms with Crippen molar-refractivity contribution in [2.45, 2.75) is 24.4 Å². The zero-order valence-electron chi connectivity index (χ0n) is 17.4. The van der Waals surface area contributed by atoms with Gasteiger partial charge in [-0.2, -0.15) is 0 Å². The van der Waals surface area contributed by atoms with Gasteiger partial charge >= 0.3 is 7.82 Å². The standard InChI is InChI=1S/C21H20BClNO8P/c1-24-7-6-11(19(27)21(24)22)17-16(32-33(28,29)30)9-14(26)18-13(25)8-15(31-20(17)18)10-4-2-3-5-12(10)23/h2-5,8-9,11,19,21,26-27H,6-7H2,1H3,(H2,28,29,30)/t11-,19+,21?/m1/s1. The minimum atomic E-state index is -5.08. The molecule has 2 aromatic carbocycles. The van der Waals surface area contributed by atoms with Gasteiger partial charge < -0.3 is 24.1 Å². The molecule has 9 nitrogen and oxygen atoms in total. The van der Waals surface area contributed by atoms with Gasteiger partial charge in [-0.25, -0.2) is 4.57 Å². The highest BCUT2D eigenvalue weighted by Crippen LogP contribution is 2.48. The molecular formula is C21H20BClNO8P. The maximum absolute atomic E-state index is 13.0. The molecule has 1 saturated heterocycles. The normalized spacial score (nSPS) is 21.9. The molecule has 1 aliphatic heterocycles. The van der Waals surface area contributed by atoms with Crippen LogP contribution in [0.25, 0.3) is 22.3 Å². The Bertz CT molecular complexity index is 1330. The summed E-state index contributed by atoms with van der Waals surface area (Å²) in [6.45, 7) is 0.440. The molecule has 172 valence electrons. The van der Waals surface area contributed by atoms with Crippen molar-refractivity contribution >= 4 is 38.2 Å². The average molecular weight is 492 g/mol. The topological polar surface area (TPSA) is 141 Å². The molecule has 1 fully saturated rings. The number of benzene rings is 2. The number of halogens is 1. The minimum absolute atomic E-state index is 0.0215. The van der Waals surface area contributed by atoms with Gasteiger partial charge in [0.2, 0.25) is 0 Å². The number of aliphatic hydroxyl groups excluding tert-OH is 1. The number of phosphoric acid groups is 1. The van der Waals surface area contributed by atoms with Crippen molar-refractivity contribution in [2.75, 3.05) is 13.6 Å². The lowest BCUT2D eigenvalue weighted by Gasteiger charge is -2.40. The van der Waals surface area contributed by atoms with E-state index in [1.807, 2.05) is 0 Å². The second-order valence-corrected chi connectivity index (χ2v) is 9.48. The predicted octanol–water partition coefficient (Wildman–Crippen LogP) is 2.57. The van der Waals surface area contributed by atoms with E-state index in [4.69, 9.17) is 28.4 Å². The summed E-state index contributed by atoms with van der Waals surface area (Å²) in [6.07, 6.45) is -0.882. The molecule has 3 atom stereocenters. The van der Waals surface area contributed by atoms with Gasteiger partial charge in [0.1, 0.15) is 28.2 Å². The molecule has 2 radical (unpaired) electrons. The van der Waals surface area contributed by atoms with Crippen LogP contribution in [0.15, 0.2) is 45.6 Å². The Morgan fingerprint density at radius 2 is 1.97 bits per heavy atom. The molecule has 0 aliphatic carbocycles. The lowest BCUT2D eigenvalue weighted by Crippen LogP contribution is -2.50. The van der Waals surface area contributed by atoms with Gasteiger partial charge in [0, 0.05) is 29.2 Å². The van der Waals surface area contributed by atoms with E-state index in [0.717, 1.165) is 12.1 Å². The minimum Gasteiger partial charge on any atom is -0.507 e. The highest BCUT2D eigenvalue weighted by atomic mass is 35.5. The van der Waals surface area contributed by atoms with Crippen molar-refractivity contribution in [3.05, 3.63) is 57.2 Å². The van der Waals surface area contributed by atoms with Crippen molar-refractivity contribution in [1.82, 2.24) is 4.90 Å². The Morgan fingerprint density at radius 1 is 1.27 bits per heavy atom. The number of fused-ring (bicyclic) bond motifs is 1. The van der Waals surface area contributed by atoms with Gasteiger partial charge in [0.05, 0.1) is 19.0 Å². The number of hydrogen-bond acceptors (Lipinski definition) is 7. The van der Waals surface area contributed by atoms with Crippen LogP contribution in [0.5, 0.6) is 11.5 Å².